The van der Waals surface area contributed by atoms with Gasteiger partial charge in [0.2, 0.25) is 0 Å². The van der Waals surface area contributed by atoms with Crippen molar-refractivity contribution in [2.24, 2.45) is 0 Å². The van der Waals surface area contributed by atoms with Crippen LogP contribution >= 0.6 is 11.3 Å². The van der Waals surface area contributed by atoms with E-state index in [2.05, 4.69) is 22.3 Å². The molecule has 0 spiro atoms. The summed E-state index contributed by atoms with van der Waals surface area (Å²) in [6.07, 6.45) is 2.79. The fourth-order valence-corrected chi connectivity index (χ4v) is 3.91. The summed E-state index contributed by atoms with van der Waals surface area (Å²) in [5.74, 6) is -0.958. The Morgan fingerprint density at radius 3 is 2.60 bits per heavy atom. The van der Waals surface area contributed by atoms with Crippen LogP contribution in [0.15, 0.2) is 29.1 Å². The van der Waals surface area contributed by atoms with Crippen molar-refractivity contribution in [3.8, 4) is 0 Å². The zero-order valence-corrected chi connectivity index (χ0v) is 18.0. The smallest absolute Gasteiger partial charge is 0.350 e. The molecule has 0 aliphatic rings. The van der Waals surface area contributed by atoms with E-state index in [-0.39, 0.29) is 23.0 Å². The summed E-state index contributed by atoms with van der Waals surface area (Å²) in [7, 11) is 0. The molecule has 1 aromatic carbocycles. The van der Waals surface area contributed by atoms with E-state index in [1.807, 2.05) is 0 Å². The molecule has 0 radical (unpaired) electrons. The number of carbonyl (C=O) groups is 2. The monoisotopic (exact) mass is 428 g/mol. The lowest BCUT2D eigenvalue weighted by atomic mass is 10.1. The third kappa shape index (κ3) is 4.56. The summed E-state index contributed by atoms with van der Waals surface area (Å²) in [5, 5.41) is 8.24. The van der Waals surface area contributed by atoms with Crippen LogP contribution in [0.1, 0.15) is 59.0 Å². The number of esters is 1. The van der Waals surface area contributed by atoms with Crippen molar-refractivity contribution in [1.29, 1.82) is 0 Å². The minimum absolute atomic E-state index is 0.146. The van der Waals surface area contributed by atoms with Gasteiger partial charge >= 0.3 is 5.97 Å². The van der Waals surface area contributed by atoms with Gasteiger partial charge in [-0.1, -0.05) is 49.3 Å². The van der Waals surface area contributed by atoms with Crippen LogP contribution < -0.4 is 10.9 Å². The highest BCUT2D eigenvalue weighted by Crippen LogP contribution is 2.24. The van der Waals surface area contributed by atoms with Gasteiger partial charge in [0.05, 0.1) is 17.7 Å². The number of unbranched alkanes of at least 4 members (excludes halogenated alkanes) is 2. The molecule has 2 heterocycles. The molecule has 0 aliphatic heterocycles. The van der Waals surface area contributed by atoms with E-state index >= 15 is 0 Å². The third-order valence-corrected chi connectivity index (χ3v) is 5.59. The highest BCUT2D eigenvalue weighted by Gasteiger charge is 2.21. The minimum atomic E-state index is -0.486. The topological polar surface area (TPSA) is 103 Å². The molecule has 3 aromatic rings. The van der Waals surface area contributed by atoms with E-state index in [0.29, 0.717) is 27.9 Å². The molecule has 2 aromatic heterocycles. The molecule has 0 aliphatic carbocycles. The Labute approximate surface area is 177 Å². The minimum Gasteiger partial charge on any atom is -0.462 e. The van der Waals surface area contributed by atoms with Crippen molar-refractivity contribution < 1.29 is 14.3 Å². The Balaban J connectivity index is 1.95. The number of rotatable bonds is 8. The van der Waals surface area contributed by atoms with E-state index in [4.69, 9.17) is 4.74 Å². The van der Waals surface area contributed by atoms with E-state index in [1.54, 1.807) is 38.1 Å². The molecule has 158 valence electrons. The second kappa shape index (κ2) is 9.62. The van der Waals surface area contributed by atoms with Crippen molar-refractivity contribution >= 4 is 39.1 Å². The summed E-state index contributed by atoms with van der Waals surface area (Å²) in [5.41, 5.74) is 0.413. The number of amides is 1. The van der Waals surface area contributed by atoms with Gasteiger partial charge in [0, 0.05) is 11.9 Å². The Morgan fingerprint density at radius 2 is 1.90 bits per heavy atom. The van der Waals surface area contributed by atoms with Gasteiger partial charge in [0.1, 0.15) is 4.88 Å². The number of hydrogen-bond acceptors (Lipinski definition) is 7. The molecule has 1 N–H and O–H groups in total. The van der Waals surface area contributed by atoms with Crippen LogP contribution in [0.2, 0.25) is 0 Å². The van der Waals surface area contributed by atoms with Crippen LogP contribution in [0.25, 0.3) is 10.8 Å². The number of nitrogens with one attached hydrogen (secondary N) is 1. The van der Waals surface area contributed by atoms with E-state index in [0.717, 1.165) is 30.6 Å². The number of fused-ring (bicyclic) bond motifs is 1. The van der Waals surface area contributed by atoms with Crippen LogP contribution in [0.5, 0.6) is 0 Å². The summed E-state index contributed by atoms with van der Waals surface area (Å²) >= 11 is 1.05. The zero-order valence-electron chi connectivity index (χ0n) is 17.2. The van der Waals surface area contributed by atoms with Crippen LogP contribution in [-0.4, -0.2) is 33.2 Å². The Hall–Kier alpha value is -3.07. The average Bonchev–Trinajstić information content (AvgIpc) is 3.10. The first-order valence-corrected chi connectivity index (χ1v) is 10.7. The van der Waals surface area contributed by atoms with Crippen molar-refractivity contribution in [2.45, 2.75) is 46.6 Å². The highest BCUT2D eigenvalue weighted by molar-refractivity contribution is 7.17. The van der Waals surface area contributed by atoms with Crippen molar-refractivity contribution in [2.75, 3.05) is 11.9 Å². The first kappa shape index (κ1) is 21.6. The quantitative estimate of drug-likeness (QED) is 0.433. The summed E-state index contributed by atoms with van der Waals surface area (Å²) in [6.45, 7) is 6.19. The van der Waals surface area contributed by atoms with Crippen molar-refractivity contribution in [3.63, 3.8) is 0 Å². The first-order valence-electron chi connectivity index (χ1n) is 9.92. The van der Waals surface area contributed by atoms with Gasteiger partial charge in [-0.3, -0.25) is 14.9 Å². The van der Waals surface area contributed by atoms with Crippen LogP contribution in [0.3, 0.4) is 0 Å². The normalized spacial score (nSPS) is 10.9. The average molecular weight is 429 g/mol. The number of benzene rings is 1. The Kier molecular flexibility index (Phi) is 6.94. The highest BCUT2D eigenvalue weighted by atomic mass is 32.1. The Morgan fingerprint density at radius 1 is 1.17 bits per heavy atom. The molecular weight excluding hydrogens is 404 g/mol. The maximum Gasteiger partial charge on any atom is 0.350 e. The number of aryl methyl sites for hydroxylation is 2. The molecule has 3 rings (SSSR count). The fourth-order valence-electron chi connectivity index (χ4n) is 3.06. The molecule has 0 fully saturated rings. The number of thiazole rings is 1. The molecule has 0 atom stereocenters. The number of anilines is 1. The summed E-state index contributed by atoms with van der Waals surface area (Å²) in [4.78, 5) is 42.3. The maximum absolute atomic E-state index is 13.0. The molecule has 0 saturated heterocycles. The van der Waals surface area contributed by atoms with Gasteiger partial charge in [-0.2, -0.15) is 5.10 Å². The molecule has 0 unspecified atom stereocenters. The molecule has 30 heavy (non-hydrogen) atoms. The predicted molar refractivity (Wildman–Crippen MR) is 116 cm³/mol. The molecule has 0 saturated carbocycles. The maximum atomic E-state index is 13.0. The predicted octanol–water partition coefficient (Wildman–Crippen LogP) is 3.78. The number of nitrogens with zero attached hydrogens (tertiary/aromatic N) is 3. The second-order valence-corrected chi connectivity index (χ2v) is 7.74. The zero-order chi connectivity index (χ0) is 21.7. The third-order valence-electron chi connectivity index (χ3n) is 4.53. The van der Waals surface area contributed by atoms with Gasteiger partial charge in [0.15, 0.2) is 10.8 Å². The van der Waals surface area contributed by atoms with Crippen molar-refractivity contribution in [1.82, 2.24) is 14.8 Å². The second-order valence-electron chi connectivity index (χ2n) is 6.74. The standard InChI is InChI=1S/C21H24N4O4S/c1-4-6-9-12-25-19(27)15-11-8-7-10-14(15)16(24-25)18(26)23-21-22-13(3)17(30-21)20(28)29-5-2/h7-8,10-11H,4-6,9,12H2,1-3H3,(H,22,23,26). The van der Waals surface area contributed by atoms with Crippen molar-refractivity contribution in [3.05, 3.63) is 50.9 Å². The molecular formula is C21H24N4O4S. The summed E-state index contributed by atoms with van der Waals surface area (Å²) < 4.78 is 6.36. The number of hydrogen-bond donors (Lipinski definition) is 1. The van der Waals surface area contributed by atoms with E-state index < -0.39 is 11.9 Å². The lowest BCUT2D eigenvalue weighted by molar-refractivity contribution is 0.0531. The van der Waals surface area contributed by atoms with Gasteiger partial charge in [0.25, 0.3) is 11.5 Å². The fraction of sp³-hybridized carbons (Fsp3) is 0.381. The van der Waals surface area contributed by atoms with Gasteiger partial charge in [-0.05, 0) is 26.3 Å². The van der Waals surface area contributed by atoms with Gasteiger partial charge < -0.3 is 4.74 Å². The van der Waals surface area contributed by atoms with Crippen LogP contribution in [0.4, 0.5) is 5.13 Å². The van der Waals surface area contributed by atoms with Crippen LogP contribution in [0, 0.1) is 6.92 Å². The molecule has 9 heteroatoms. The molecule has 0 bridgehead atoms. The lowest BCUT2D eigenvalue weighted by Gasteiger charge is -2.10. The summed E-state index contributed by atoms with van der Waals surface area (Å²) in [6, 6.07) is 6.91. The molecule has 1 amide bonds. The largest absolute Gasteiger partial charge is 0.462 e. The van der Waals surface area contributed by atoms with Gasteiger partial charge in [-0.15, -0.1) is 0 Å². The molecule has 8 nitrogen and oxygen atoms in total. The SMILES string of the molecule is CCCCCn1nc(C(=O)Nc2nc(C)c(C(=O)OCC)s2)c2ccccc2c1=O. The number of ether oxygens (including phenoxy) is 1. The van der Waals surface area contributed by atoms with E-state index in [9.17, 15) is 14.4 Å². The Bertz CT molecular complexity index is 1140. The first-order chi connectivity index (χ1) is 14.5. The number of aromatic nitrogens is 3. The lowest BCUT2D eigenvalue weighted by Crippen LogP contribution is -2.27. The van der Waals surface area contributed by atoms with Crippen LogP contribution in [-0.2, 0) is 11.3 Å². The van der Waals surface area contributed by atoms with Gasteiger partial charge in [-0.25, -0.2) is 14.5 Å². The number of carbonyl (C=O) groups excluding carboxylic acids is 2. The van der Waals surface area contributed by atoms with E-state index in [1.165, 1.54) is 4.68 Å².